The van der Waals surface area contributed by atoms with Crippen LogP contribution in [0.1, 0.15) is 16.8 Å². The van der Waals surface area contributed by atoms with E-state index < -0.39 is 11.7 Å². The molecule has 2 aromatic heterocycles. The van der Waals surface area contributed by atoms with Gasteiger partial charge in [-0.3, -0.25) is 0 Å². The maximum Gasteiger partial charge on any atom is 0.416 e. The quantitative estimate of drug-likeness (QED) is 0.196. The first-order valence-electron chi connectivity index (χ1n) is 10.2. The molecule has 182 valence electrons. The topological polar surface area (TPSA) is 92.0 Å². The summed E-state index contributed by atoms with van der Waals surface area (Å²) >= 11 is 3.21. The Balaban J connectivity index is 0.000000200. The van der Waals surface area contributed by atoms with E-state index in [1.807, 2.05) is 37.3 Å². The van der Waals surface area contributed by atoms with E-state index in [1.165, 1.54) is 17.7 Å². The lowest BCUT2D eigenvalue weighted by atomic mass is 10.2. The van der Waals surface area contributed by atoms with Crippen LogP contribution >= 0.6 is 15.9 Å². The van der Waals surface area contributed by atoms with Gasteiger partial charge in [0.25, 0.3) is 5.82 Å². The minimum absolute atomic E-state index is 0.125. The van der Waals surface area contributed by atoms with Gasteiger partial charge in [-0.1, -0.05) is 30.8 Å². The highest BCUT2D eigenvalue weighted by molar-refractivity contribution is 9.10. The van der Waals surface area contributed by atoms with Gasteiger partial charge in [-0.25, -0.2) is 4.98 Å². The van der Waals surface area contributed by atoms with Gasteiger partial charge in [-0.15, -0.1) is 4.98 Å². The van der Waals surface area contributed by atoms with Gasteiger partial charge in [0.1, 0.15) is 18.0 Å². The second-order valence-electron chi connectivity index (χ2n) is 7.11. The van der Waals surface area contributed by atoms with Crippen LogP contribution in [0, 0.1) is 24.8 Å². The van der Waals surface area contributed by atoms with Crippen molar-refractivity contribution in [3.8, 4) is 6.07 Å². The third kappa shape index (κ3) is 9.84. The number of nitrogen functional groups attached to an aromatic ring is 1. The molecule has 0 aliphatic carbocycles. The smallest absolute Gasteiger partial charge is 0.399 e. The maximum atomic E-state index is 11.9. The highest BCUT2D eigenvalue weighted by Gasteiger charge is 2.30. The molecule has 0 atom stereocenters. The molecule has 2 aromatic carbocycles. The molecule has 36 heavy (non-hydrogen) atoms. The van der Waals surface area contributed by atoms with Crippen molar-refractivity contribution in [2.45, 2.75) is 13.1 Å². The van der Waals surface area contributed by atoms with Crippen LogP contribution in [0.4, 0.5) is 36.1 Å². The van der Waals surface area contributed by atoms with Crippen molar-refractivity contribution in [2.75, 3.05) is 11.1 Å². The van der Waals surface area contributed by atoms with Crippen LogP contribution in [0.3, 0.4) is 0 Å². The molecule has 0 amide bonds. The fourth-order valence-corrected chi connectivity index (χ4v) is 2.81. The molecule has 2 heterocycles. The van der Waals surface area contributed by atoms with E-state index in [0.717, 1.165) is 28.0 Å². The number of nitrogens with zero attached hydrogens (tertiary/aromatic N) is 4. The second-order valence-corrected chi connectivity index (χ2v) is 8.02. The molecule has 0 spiro atoms. The number of rotatable bonds is 2. The Morgan fingerprint density at radius 1 is 0.972 bits per heavy atom. The number of hydrogen-bond acceptors (Lipinski definition) is 5. The van der Waals surface area contributed by atoms with E-state index in [-0.39, 0.29) is 5.69 Å². The molecule has 0 unspecified atom stereocenters. The molecular weight excluding hydrogens is 533 g/mol. The van der Waals surface area contributed by atoms with Crippen molar-refractivity contribution in [3.63, 3.8) is 0 Å². The summed E-state index contributed by atoms with van der Waals surface area (Å²) in [4.78, 5) is 10.9. The zero-order valence-electron chi connectivity index (χ0n) is 19.0. The normalized spacial score (nSPS) is 9.86. The lowest BCUT2D eigenvalue weighted by molar-refractivity contribution is -0.137. The third-order valence-corrected chi connectivity index (χ3v) is 4.69. The predicted molar refractivity (Wildman–Crippen MR) is 137 cm³/mol. The van der Waals surface area contributed by atoms with Gasteiger partial charge in [-0.2, -0.15) is 18.4 Å². The van der Waals surface area contributed by atoms with Crippen molar-refractivity contribution >= 4 is 38.8 Å². The molecule has 10 heteroatoms. The number of nitrogens with one attached hydrogen (secondary N) is 1. The average Bonchev–Trinajstić information content (AvgIpc) is 2.85. The SMILES string of the molecule is Cc1cccc(Nc2ccc(C#N)nc2)c1.Nc1cccc(C(F)(F)F)c1.[C-]#[N+]c1ccc(Br)cn1. The van der Waals surface area contributed by atoms with Crippen molar-refractivity contribution < 1.29 is 13.2 Å². The average molecular weight is 553 g/mol. The van der Waals surface area contributed by atoms with Crippen LogP contribution in [0.5, 0.6) is 0 Å². The largest absolute Gasteiger partial charge is 0.416 e. The Morgan fingerprint density at radius 3 is 2.22 bits per heavy atom. The summed E-state index contributed by atoms with van der Waals surface area (Å²) in [6.45, 7) is 8.61. The van der Waals surface area contributed by atoms with Crippen LogP contribution in [0.15, 0.2) is 89.7 Å². The Kier molecular flexibility index (Phi) is 10.4. The molecule has 0 saturated heterocycles. The molecule has 6 nitrogen and oxygen atoms in total. The molecular formula is C26H20BrF3N6. The summed E-state index contributed by atoms with van der Waals surface area (Å²) in [6.07, 6.45) is -1.04. The van der Waals surface area contributed by atoms with E-state index in [4.69, 9.17) is 17.6 Å². The monoisotopic (exact) mass is 552 g/mol. The summed E-state index contributed by atoms with van der Waals surface area (Å²) in [7, 11) is 0. The highest BCUT2D eigenvalue weighted by Crippen LogP contribution is 2.29. The Bertz CT molecular complexity index is 1340. The summed E-state index contributed by atoms with van der Waals surface area (Å²) in [6, 6.07) is 21.6. The van der Waals surface area contributed by atoms with Crippen molar-refractivity contribution in [1.29, 1.82) is 5.26 Å². The van der Waals surface area contributed by atoms with Gasteiger partial charge in [0.2, 0.25) is 0 Å². The number of halogens is 4. The molecule has 0 bridgehead atoms. The van der Waals surface area contributed by atoms with E-state index in [2.05, 4.69) is 42.1 Å². The Hall–Kier alpha value is -4.41. The number of benzene rings is 2. The van der Waals surface area contributed by atoms with Crippen LogP contribution in [-0.2, 0) is 6.18 Å². The zero-order valence-corrected chi connectivity index (χ0v) is 20.5. The van der Waals surface area contributed by atoms with Crippen molar-refractivity contribution in [2.24, 2.45) is 0 Å². The summed E-state index contributed by atoms with van der Waals surface area (Å²) in [5.74, 6) is 0.429. The minimum atomic E-state index is -4.30. The number of hydrogen-bond donors (Lipinski definition) is 2. The van der Waals surface area contributed by atoms with Crippen molar-refractivity contribution in [3.05, 3.63) is 118 Å². The van der Waals surface area contributed by atoms with E-state index in [9.17, 15) is 13.2 Å². The molecule has 0 radical (unpaired) electrons. The first-order valence-corrected chi connectivity index (χ1v) is 11.0. The van der Waals surface area contributed by atoms with Crippen LogP contribution < -0.4 is 11.1 Å². The molecule has 3 N–H and O–H groups in total. The molecule has 4 aromatic rings. The van der Waals surface area contributed by atoms with Gasteiger partial charge >= 0.3 is 6.18 Å². The minimum Gasteiger partial charge on any atom is -0.399 e. The number of alkyl halides is 3. The first kappa shape index (κ1) is 27.8. The zero-order chi connectivity index (χ0) is 26.6. The van der Waals surface area contributed by atoms with Gasteiger partial charge in [0, 0.05) is 11.4 Å². The summed E-state index contributed by atoms with van der Waals surface area (Å²) in [5.41, 5.74) is 8.09. The third-order valence-electron chi connectivity index (χ3n) is 4.23. The molecule has 0 aliphatic rings. The lowest BCUT2D eigenvalue weighted by Crippen LogP contribution is -2.04. The van der Waals surface area contributed by atoms with Crippen LogP contribution in [0.25, 0.3) is 4.85 Å². The predicted octanol–water partition coefficient (Wildman–Crippen LogP) is 7.69. The Morgan fingerprint density at radius 2 is 1.72 bits per heavy atom. The number of anilines is 3. The first-order chi connectivity index (χ1) is 17.1. The van der Waals surface area contributed by atoms with Gasteiger partial charge < -0.3 is 15.9 Å². The number of nitrogens with two attached hydrogens (primary N) is 1. The maximum absolute atomic E-state index is 11.9. The standard InChI is InChI=1S/C13H11N3.C7H6F3N.C6H3BrN2/c1-10-3-2-4-11(7-10)16-13-6-5-12(8-14)15-9-13;8-7(9,10)5-2-1-3-6(11)4-5;1-8-6-3-2-5(7)4-9-6/h2-7,9,16H,1H3;1-4H,11H2;2-4H. The molecule has 4 rings (SSSR count). The number of aryl methyl sites for hydroxylation is 1. The van der Waals surface area contributed by atoms with Crippen LogP contribution in [-0.4, -0.2) is 9.97 Å². The summed E-state index contributed by atoms with van der Waals surface area (Å²) in [5, 5.41) is 11.8. The van der Waals surface area contributed by atoms with Crippen LogP contribution in [0.2, 0.25) is 0 Å². The lowest BCUT2D eigenvalue weighted by Gasteiger charge is -2.06. The molecule has 0 aliphatic heterocycles. The van der Waals surface area contributed by atoms with Crippen molar-refractivity contribution in [1.82, 2.24) is 9.97 Å². The van der Waals surface area contributed by atoms with Gasteiger partial charge in [-0.05, 0) is 76.9 Å². The number of pyridine rings is 2. The second kappa shape index (κ2) is 13.5. The molecule has 0 fully saturated rings. The number of nitriles is 1. The fourth-order valence-electron chi connectivity index (χ4n) is 2.57. The Labute approximate surface area is 215 Å². The van der Waals surface area contributed by atoms with Gasteiger partial charge in [0.15, 0.2) is 0 Å². The molecule has 0 saturated carbocycles. The summed E-state index contributed by atoms with van der Waals surface area (Å²) < 4.78 is 36.6. The van der Waals surface area contributed by atoms with E-state index in [1.54, 1.807) is 30.6 Å². The van der Waals surface area contributed by atoms with Gasteiger partial charge in [0.05, 0.1) is 21.9 Å². The van der Waals surface area contributed by atoms with E-state index >= 15 is 0 Å². The number of aromatic nitrogens is 2. The van der Waals surface area contributed by atoms with E-state index in [0.29, 0.717) is 11.5 Å². The fraction of sp³-hybridized carbons (Fsp3) is 0.0769. The highest BCUT2D eigenvalue weighted by atomic mass is 79.9.